The summed E-state index contributed by atoms with van der Waals surface area (Å²) < 4.78 is 12.5. The van der Waals surface area contributed by atoms with E-state index in [0.717, 1.165) is 64.1 Å². The number of para-hydroxylation sites is 1. The fourth-order valence-corrected chi connectivity index (χ4v) is 6.71. The summed E-state index contributed by atoms with van der Waals surface area (Å²) in [6.07, 6.45) is 8.22. The maximum atomic E-state index is 13.9. The van der Waals surface area contributed by atoms with E-state index in [4.69, 9.17) is 14.5 Å². The Morgan fingerprint density at radius 1 is 1.07 bits per heavy atom. The molecule has 5 rings (SSSR count). The molecule has 0 radical (unpaired) electrons. The molecular weight excluding hydrogens is 598 g/mol. The van der Waals surface area contributed by atoms with Crippen molar-refractivity contribution in [3.8, 4) is 17.6 Å². The zero-order chi connectivity index (χ0) is 28.8. The van der Waals surface area contributed by atoms with Crippen molar-refractivity contribution in [2.45, 2.75) is 58.1 Å². The van der Waals surface area contributed by atoms with E-state index in [9.17, 15) is 10.1 Å². The number of amidine groups is 1. The zero-order valence-electron chi connectivity index (χ0n) is 23.2. The van der Waals surface area contributed by atoms with Crippen LogP contribution in [-0.2, 0) is 17.8 Å². The Morgan fingerprint density at radius 3 is 2.54 bits per heavy atom. The van der Waals surface area contributed by atoms with Crippen LogP contribution in [0.5, 0.6) is 11.5 Å². The van der Waals surface area contributed by atoms with E-state index in [1.165, 1.54) is 18.2 Å². The average Bonchev–Trinajstić information content (AvgIpc) is 3.31. The van der Waals surface area contributed by atoms with Gasteiger partial charge in [0.25, 0.3) is 5.91 Å². The molecule has 0 N–H and O–H groups in total. The van der Waals surface area contributed by atoms with E-state index in [1.807, 2.05) is 59.5 Å². The first kappa shape index (κ1) is 29.0. The maximum Gasteiger partial charge on any atom is 0.267 e. The van der Waals surface area contributed by atoms with E-state index in [-0.39, 0.29) is 18.6 Å². The normalized spacial score (nSPS) is 17.7. The minimum Gasteiger partial charge on any atom is -0.493 e. The van der Waals surface area contributed by atoms with Crippen LogP contribution in [0, 0.1) is 11.3 Å². The number of methoxy groups -OCH3 is 1. The summed E-state index contributed by atoms with van der Waals surface area (Å²) in [6.45, 7) is 2.35. The molecule has 1 heterocycles. The van der Waals surface area contributed by atoms with Gasteiger partial charge in [0, 0.05) is 16.1 Å². The molecule has 0 atom stereocenters. The van der Waals surface area contributed by atoms with Crippen molar-refractivity contribution in [3.63, 3.8) is 0 Å². The van der Waals surface area contributed by atoms with Gasteiger partial charge >= 0.3 is 0 Å². The third kappa shape index (κ3) is 6.52. The minimum absolute atomic E-state index is 0.00562. The number of halogens is 1. The van der Waals surface area contributed by atoms with Crippen molar-refractivity contribution >= 4 is 50.5 Å². The Morgan fingerprint density at radius 2 is 1.80 bits per heavy atom. The van der Waals surface area contributed by atoms with Gasteiger partial charge in [-0.25, -0.2) is 4.99 Å². The third-order valence-electron chi connectivity index (χ3n) is 7.46. The Balaban J connectivity index is 1.46. The first-order valence-electron chi connectivity index (χ1n) is 13.9. The molecule has 2 aliphatic rings. The zero-order valence-corrected chi connectivity index (χ0v) is 25.6. The molecule has 0 unspecified atom stereocenters. The van der Waals surface area contributed by atoms with Crippen LogP contribution in [0.4, 0.5) is 5.69 Å². The molecular formula is C33H32BrN3O3S. The van der Waals surface area contributed by atoms with Gasteiger partial charge < -0.3 is 9.47 Å². The smallest absolute Gasteiger partial charge is 0.267 e. The van der Waals surface area contributed by atoms with E-state index < -0.39 is 0 Å². The van der Waals surface area contributed by atoms with Crippen LogP contribution < -0.4 is 9.47 Å². The van der Waals surface area contributed by atoms with Gasteiger partial charge in [-0.05, 0) is 72.5 Å². The van der Waals surface area contributed by atoms with Crippen molar-refractivity contribution in [3.05, 3.63) is 92.3 Å². The SMILES string of the molecule is CCc1ccccc1N=C1S/C(=C/c2cc(OC)c(OCc3ccccc3C#N)cc2Br)C(=O)N1C1CCCCC1. The number of hydrogen-bond donors (Lipinski definition) is 0. The molecule has 1 amide bonds. The van der Waals surface area contributed by atoms with Crippen LogP contribution in [0.1, 0.15) is 61.3 Å². The van der Waals surface area contributed by atoms with Crippen molar-refractivity contribution in [2.24, 2.45) is 4.99 Å². The number of aryl methyl sites for hydroxylation is 1. The molecule has 0 spiro atoms. The van der Waals surface area contributed by atoms with Gasteiger partial charge in [-0.2, -0.15) is 5.26 Å². The molecule has 2 fully saturated rings. The lowest BCUT2D eigenvalue weighted by Gasteiger charge is -2.30. The Bertz CT molecular complexity index is 1540. The van der Waals surface area contributed by atoms with Gasteiger partial charge in [-0.3, -0.25) is 9.69 Å². The first-order valence-corrected chi connectivity index (χ1v) is 15.5. The summed E-state index contributed by atoms with van der Waals surface area (Å²) in [7, 11) is 1.59. The predicted molar refractivity (Wildman–Crippen MR) is 168 cm³/mol. The molecule has 1 saturated carbocycles. The fraction of sp³-hybridized carbons (Fsp3) is 0.303. The highest BCUT2D eigenvalue weighted by Crippen LogP contribution is 2.41. The first-order chi connectivity index (χ1) is 20.0. The van der Waals surface area contributed by atoms with Crippen molar-refractivity contribution in [1.82, 2.24) is 4.90 Å². The van der Waals surface area contributed by atoms with Crippen LogP contribution in [0.2, 0.25) is 0 Å². The van der Waals surface area contributed by atoms with Crippen LogP contribution >= 0.6 is 27.7 Å². The second kappa shape index (κ2) is 13.4. The number of thioether (sulfide) groups is 1. The van der Waals surface area contributed by atoms with Gasteiger partial charge in [0.2, 0.25) is 0 Å². The molecule has 1 aliphatic heterocycles. The molecule has 8 heteroatoms. The lowest BCUT2D eigenvalue weighted by Crippen LogP contribution is -2.40. The van der Waals surface area contributed by atoms with Gasteiger partial charge in [0.05, 0.1) is 29.3 Å². The summed E-state index contributed by atoms with van der Waals surface area (Å²) >= 11 is 5.11. The van der Waals surface area contributed by atoms with E-state index in [0.29, 0.717) is 22.0 Å². The highest BCUT2D eigenvalue weighted by atomic mass is 79.9. The maximum absolute atomic E-state index is 13.9. The third-order valence-corrected chi connectivity index (χ3v) is 9.13. The van der Waals surface area contributed by atoms with E-state index in [1.54, 1.807) is 13.2 Å². The fourth-order valence-electron chi connectivity index (χ4n) is 5.23. The van der Waals surface area contributed by atoms with Gasteiger partial charge in [0.1, 0.15) is 6.61 Å². The van der Waals surface area contributed by atoms with Crippen molar-refractivity contribution < 1.29 is 14.3 Å². The number of hydrogen-bond acceptors (Lipinski definition) is 6. The standard InChI is InChI=1S/C33H32BrN3O3S/c1-3-22-11-9-10-16-28(22)36-33-37(26-14-5-4-6-15-26)32(38)31(41-33)18-25-17-29(39-2)30(19-27(25)34)40-21-24-13-8-7-12-23(24)20-35/h7-13,16-19,26H,3-6,14-15,21H2,1-2H3/b31-18+,36-33?. The second-order valence-corrected chi connectivity index (χ2v) is 11.9. The van der Waals surface area contributed by atoms with Gasteiger partial charge in [-0.15, -0.1) is 0 Å². The van der Waals surface area contributed by atoms with E-state index in [2.05, 4.69) is 35.0 Å². The quantitative estimate of drug-likeness (QED) is 0.234. The predicted octanol–water partition coefficient (Wildman–Crippen LogP) is 8.41. The summed E-state index contributed by atoms with van der Waals surface area (Å²) in [5.41, 5.74) is 4.25. The number of nitriles is 1. The van der Waals surface area contributed by atoms with Crippen LogP contribution in [0.15, 0.2) is 75.0 Å². The molecule has 0 bridgehead atoms. The largest absolute Gasteiger partial charge is 0.493 e. The molecule has 41 heavy (non-hydrogen) atoms. The number of nitrogens with zero attached hydrogens (tertiary/aromatic N) is 3. The van der Waals surface area contributed by atoms with Crippen LogP contribution in [0.25, 0.3) is 6.08 Å². The van der Waals surface area contributed by atoms with Crippen LogP contribution in [0.3, 0.4) is 0 Å². The number of benzene rings is 3. The van der Waals surface area contributed by atoms with E-state index >= 15 is 0 Å². The summed E-state index contributed by atoms with van der Waals surface area (Å²) in [5, 5.41) is 10.1. The highest BCUT2D eigenvalue weighted by molar-refractivity contribution is 9.10. The molecule has 210 valence electrons. The number of aliphatic imine (C=N–C) groups is 1. The van der Waals surface area contributed by atoms with Gasteiger partial charge in [-0.1, -0.05) is 78.5 Å². The number of amides is 1. The molecule has 0 aromatic heterocycles. The number of rotatable bonds is 8. The molecule has 1 saturated heterocycles. The van der Waals surface area contributed by atoms with Gasteiger partial charge in [0.15, 0.2) is 16.7 Å². The molecule has 6 nitrogen and oxygen atoms in total. The average molecular weight is 631 g/mol. The minimum atomic E-state index is -0.00562. The molecule has 3 aromatic carbocycles. The summed E-state index contributed by atoms with van der Waals surface area (Å²) in [4.78, 5) is 21.5. The molecule has 3 aromatic rings. The number of carbonyl (C=O) groups is 1. The lowest BCUT2D eigenvalue weighted by molar-refractivity contribution is -0.124. The Labute approximate surface area is 254 Å². The molecule has 1 aliphatic carbocycles. The van der Waals surface area contributed by atoms with Crippen molar-refractivity contribution in [1.29, 1.82) is 5.26 Å². The number of ether oxygens (including phenoxy) is 2. The topological polar surface area (TPSA) is 74.9 Å². The summed E-state index contributed by atoms with van der Waals surface area (Å²) in [6, 6.07) is 21.6. The number of carbonyl (C=O) groups excluding carboxylic acids is 1. The summed E-state index contributed by atoms with van der Waals surface area (Å²) in [5.74, 6) is 1.08. The van der Waals surface area contributed by atoms with Crippen molar-refractivity contribution in [2.75, 3.05) is 7.11 Å². The second-order valence-electron chi connectivity index (χ2n) is 10.0. The Kier molecular flexibility index (Phi) is 9.48. The van der Waals surface area contributed by atoms with Crippen LogP contribution in [-0.4, -0.2) is 29.1 Å². The lowest BCUT2D eigenvalue weighted by atomic mass is 9.94. The Hall–Kier alpha value is -3.54. The highest BCUT2D eigenvalue weighted by Gasteiger charge is 2.39. The monoisotopic (exact) mass is 629 g/mol.